The molecule has 5 nitrogen and oxygen atoms in total. The second-order valence-electron chi connectivity index (χ2n) is 2.23. The second kappa shape index (κ2) is 5.40. The third-order valence-corrected chi connectivity index (χ3v) is 1.27. The highest BCUT2D eigenvalue weighted by Crippen LogP contribution is 1.84. The fourth-order valence-electron chi connectivity index (χ4n) is 0.632. The molecule has 0 aromatic heterocycles. The maximum atomic E-state index is 11.0. The largest absolute Gasteiger partial charge is 0.338 e. The summed E-state index contributed by atoms with van der Waals surface area (Å²) in [6.45, 7) is 4.62. The van der Waals surface area contributed by atoms with Crippen LogP contribution >= 0.6 is 0 Å². The lowest BCUT2D eigenvalue weighted by Crippen LogP contribution is -2.45. The molecule has 0 spiro atoms. The van der Waals surface area contributed by atoms with Crippen LogP contribution in [-0.4, -0.2) is 37.1 Å². The van der Waals surface area contributed by atoms with Crippen molar-refractivity contribution in [2.75, 3.05) is 20.1 Å². The Morgan fingerprint density at radius 3 is 1.67 bits per heavy atom. The van der Waals surface area contributed by atoms with Crippen LogP contribution in [0.2, 0.25) is 0 Å². The van der Waals surface area contributed by atoms with Crippen molar-refractivity contribution in [2.45, 2.75) is 13.8 Å². The van der Waals surface area contributed by atoms with Crippen LogP contribution in [0.5, 0.6) is 0 Å². The number of nitrogens with one attached hydrogen (secondary N) is 2. The van der Waals surface area contributed by atoms with E-state index >= 15 is 0 Å². The van der Waals surface area contributed by atoms with E-state index in [0.29, 0.717) is 13.1 Å². The van der Waals surface area contributed by atoms with Gasteiger partial charge in [-0.05, 0) is 13.8 Å². The number of imide groups is 1. The maximum absolute atomic E-state index is 11.0. The van der Waals surface area contributed by atoms with E-state index in [-0.39, 0.29) is 12.1 Å². The van der Waals surface area contributed by atoms with Crippen molar-refractivity contribution in [2.24, 2.45) is 0 Å². The Morgan fingerprint density at radius 2 is 1.42 bits per heavy atom. The number of carbonyl (C=O) groups is 2. The Balaban J connectivity index is 3.91. The van der Waals surface area contributed by atoms with Gasteiger partial charge in [-0.25, -0.2) is 14.5 Å². The molecule has 4 amide bonds. The van der Waals surface area contributed by atoms with Crippen LogP contribution in [0, 0.1) is 0 Å². The lowest BCUT2D eigenvalue weighted by atomic mass is 10.6. The molecular weight excluding hydrogens is 158 g/mol. The molecule has 5 heteroatoms. The standard InChI is InChI=1S/C7H15N3O2/c1-4-8-6(11)10(3)7(12)9-5-2/h4-5H2,1-3H3,(H,8,11)(H,9,12). The van der Waals surface area contributed by atoms with E-state index in [1.54, 1.807) is 13.8 Å². The molecule has 0 atom stereocenters. The first-order valence-electron chi connectivity index (χ1n) is 3.92. The SMILES string of the molecule is CCNC(=O)N(C)C(=O)NCC. The van der Waals surface area contributed by atoms with Gasteiger partial charge < -0.3 is 10.6 Å². The van der Waals surface area contributed by atoms with Gasteiger partial charge in [-0.3, -0.25) is 0 Å². The molecule has 0 fully saturated rings. The van der Waals surface area contributed by atoms with E-state index in [2.05, 4.69) is 10.6 Å². The van der Waals surface area contributed by atoms with Gasteiger partial charge in [0.1, 0.15) is 0 Å². The minimum absolute atomic E-state index is 0.386. The van der Waals surface area contributed by atoms with E-state index in [1.807, 2.05) is 0 Å². The number of urea groups is 2. The predicted molar refractivity (Wildman–Crippen MR) is 45.9 cm³/mol. The highest BCUT2D eigenvalue weighted by Gasteiger charge is 2.13. The maximum Gasteiger partial charge on any atom is 0.325 e. The molecular formula is C7H15N3O2. The van der Waals surface area contributed by atoms with Crippen molar-refractivity contribution in [3.8, 4) is 0 Å². The smallest absolute Gasteiger partial charge is 0.325 e. The Hall–Kier alpha value is -1.26. The summed E-state index contributed by atoms with van der Waals surface area (Å²) in [5.41, 5.74) is 0. The molecule has 0 aromatic carbocycles. The zero-order valence-electron chi connectivity index (χ0n) is 7.68. The number of amides is 4. The lowest BCUT2D eigenvalue weighted by molar-refractivity contribution is 0.195. The Kier molecular flexibility index (Phi) is 4.83. The predicted octanol–water partition coefficient (Wildman–Crippen LogP) is 0.377. The normalized spacial score (nSPS) is 8.92. The Morgan fingerprint density at radius 1 is 1.08 bits per heavy atom. The Bertz CT molecular complexity index is 152. The number of hydrogen-bond donors (Lipinski definition) is 2. The van der Waals surface area contributed by atoms with E-state index < -0.39 is 0 Å². The third-order valence-electron chi connectivity index (χ3n) is 1.27. The van der Waals surface area contributed by atoms with Crippen molar-refractivity contribution < 1.29 is 9.59 Å². The van der Waals surface area contributed by atoms with Crippen molar-refractivity contribution in [3.05, 3.63) is 0 Å². The van der Waals surface area contributed by atoms with Gasteiger partial charge in [-0.2, -0.15) is 0 Å². The molecule has 70 valence electrons. The van der Waals surface area contributed by atoms with Crippen LogP contribution < -0.4 is 10.6 Å². The topological polar surface area (TPSA) is 61.4 Å². The molecule has 2 N–H and O–H groups in total. The molecule has 0 heterocycles. The van der Waals surface area contributed by atoms with Crippen LogP contribution in [0.15, 0.2) is 0 Å². The average Bonchev–Trinajstić information content (AvgIpc) is 2.04. The summed E-state index contributed by atoms with van der Waals surface area (Å²) in [4.78, 5) is 23.0. The number of carbonyl (C=O) groups excluding carboxylic acids is 2. The summed E-state index contributed by atoms with van der Waals surface area (Å²) in [5.74, 6) is 0. The van der Waals surface area contributed by atoms with E-state index in [0.717, 1.165) is 4.90 Å². The molecule has 0 unspecified atom stereocenters. The number of nitrogens with zero attached hydrogens (tertiary/aromatic N) is 1. The molecule has 0 radical (unpaired) electrons. The van der Waals surface area contributed by atoms with Crippen LogP contribution in [0.3, 0.4) is 0 Å². The summed E-state index contributed by atoms with van der Waals surface area (Å²) in [6.07, 6.45) is 0. The van der Waals surface area contributed by atoms with Crippen LogP contribution in [-0.2, 0) is 0 Å². The van der Waals surface area contributed by atoms with Gasteiger partial charge in [0.05, 0.1) is 0 Å². The van der Waals surface area contributed by atoms with E-state index in [1.165, 1.54) is 7.05 Å². The minimum atomic E-state index is -0.386. The molecule has 0 saturated heterocycles. The zero-order chi connectivity index (χ0) is 9.56. The molecule has 0 rings (SSSR count). The molecule has 0 aromatic rings. The lowest BCUT2D eigenvalue weighted by Gasteiger charge is -2.15. The fraction of sp³-hybridized carbons (Fsp3) is 0.714. The highest BCUT2D eigenvalue weighted by molar-refractivity contribution is 5.93. The zero-order valence-corrected chi connectivity index (χ0v) is 7.68. The third kappa shape index (κ3) is 3.23. The number of hydrogen-bond acceptors (Lipinski definition) is 2. The molecule has 0 aliphatic rings. The Labute approximate surface area is 72.1 Å². The molecule has 0 aliphatic heterocycles. The van der Waals surface area contributed by atoms with Gasteiger partial charge in [-0.15, -0.1) is 0 Å². The first kappa shape index (κ1) is 10.7. The van der Waals surface area contributed by atoms with Crippen molar-refractivity contribution in [3.63, 3.8) is 0 Å². The van der Waals surface area contributed by atoms with Crippen LogP contribution in [0.1, 0.15) is 13.8 Å². The minimum Gasteiger partial charge on any atom is -0.338 e. The van der Waals surface area contributed by atoms with Gasteiger partial charge in [-0.1, -0.05) is 0 Å². The van der Waals surface area contributed by atoms with Gasteiger partial charge in [0, 0.05) is 20.1 Å². The van der Waals surface area contributed by atoms with Gasteiger partial charge >= 0.3 is 12.1 Å². The summed E-state index contributed by atoms with van der Waals surface area (Å²) < 4.78 is 0. The first-order valence-corrected chi connectivity index (χ1v) is 3.92. The molecule has 0 saturated carbocycles. The van der Waals surface area contributed by atoms with Gasteiger partial charge in [0.25, 0.3) is 0 Å². The van der Waals surface area contributed by atoms with E-state index in [4.69, 9.17) is 0 Å². The summed E-state index contributed by atoms with van der Waals surface area (Å²) in [6, 6.07) is -0.771. The van der Waals surface area contributed by atoms with Gasteiger partial charge in [0.2, 0.25) is 0 Å². The van der Waals surface area contributed by atoms with Crippen molar-refractivity contribution in [1.82, 2.24) is 15.5 Å². The fourth-order valence-corrected chi connectivity index (χ4v) is 0.632. The molecule has 12 heavy (non-hydrogen) atoms. The second-order valence-corrected chi connectivity index (χ2v) is 2.23. The first-order chi connectivity index (χ1) is 5.63. The number of rotatable bonds is 2. The van der Waals surface area contributed by atoms with Gasteiger partial charge in [0.15, 0.2) is 0 Å². The monoisotopic (exact) mass is 173 g/mol. The van der Waals surface area contributed by atoms with Crippen LogP contribution in [0.25, 0.3) is 0 Å². The summed E-state index contributed by atoms with van der Waals surface area (Å²) >= 11 is 0. The van der Waals surface area contributed by atoms with Crippen molar-refractivity contribution in [1.29, 1.82) is 0 Å². The molecule has 0 bridgehead atoms. The van der Waals surface area contributed by atoms with E-state index in [9.17, 15) is 9.59 Å². The highest BCUT2D eigenvalue weighted by atomic mass is 16.2. The van der Waals surface area contributed by atoms with Crippen LogP contribution in [0.4, 0.5) is 9.59 Å². The molecule has 0 aliphatic carbocycles. The van der Waals surface area contributed by atoms with Crippen molar-refractivity contribution >= 4 is 12.1 Å². The average molecular weight is 173 g/mol. The quantitative estimate of drug-likeness (QED) is 0.634. The summed E-state index contributed by atoms with van der Waals surface area (Å²) in [7, 11) is 1.43. The summed E-state index contributed by atoms with van der Waals surface area (Å²) in [5, 5.41) is 5.02.